The molecule has 0 bridgehead atoms. The van der Waals surface area contributed by atoms with Gasteiger partial charge in [0, 0.05) is 12.0 Å². The highest BCUT2D eigenvalue weighted by atomic mass is 32.1. The largest absolute Gasteiger partial charge is 0.494 e. The molecule has 1 heterocycles. The van der Waals surface area contributed by atoms with Gasteiger partial charge in [-0.1, -0.05) is 48.6 Å². The van der Waals surface area contributed by atoms with Crippen molar-refractivity contribution in [3.8, 4) is 5.75 Å². The fraction of sp³-hybridized carbons (Fsp3) is 0.211. The van der Waals surface area contributed by atoms with Crippen LogP contribution >= 0.6 is 11.3 Å². The summed E-state index contributed by atoms with van der Waals surface area (Å²) in [6.07, 6.45) is 1.66. The molecule has 0 unspecified atom stereocenters. The lowest BCUT2D eigenvalue weighted by atomic mass is 10.2. The summed E-state index contributed by atoms with van der Waals surface area (Å²) in [7, 11) is 0. The van der Waals surface area contributed by atoms with Crippen LogP contribution in [0, 0.1) is 0 Å². The van der Waals surface area contributed by atoms with E-state index in [-0.39, 0.29) is 5.91 Å². The zero-order chi connectivity index (χ0) is 17.5. The molecule has 0 spiro atoms. The maximum absolute atomic E-state index is 12.3. The average molecular weight is 353 g/mol. The highest BCUT2D eigenvalue weighted by Crippen LogP contribution is 2.20. The molecule has 0 saturated heterocycles. The Kier molecular flexibility index (Phi) is 5.74. The Balaban J connectivity index is 1.59. The van der Waals surface area contributed by atoms with Crippen molar-refractivity contribution in [1.82, 2.24) is 10.2 Å². The standard InChI is InChI=1S/C19H19N3O2S/c1-2-12-24-16-10-8-15(9-11-16)18(23)20-19-22-21-17(25-19)13-14-6-4-3-5-7-14/h3-11H,2,12-13H2,1H3,(H,20,22,23). The molecule has 1 N–H and O–H groups in total. The van der Waals surface area contributed by atoms with E-state index in [1.807, 2.05) is 30.3 Å². The van der Waals surface area contributed by atoms with Gasteiger partial charge in [-0.05, 0) is 36.2 Å². The van der Waals surface area contributed by atoms with E-state index in [0.717, 1.165) is 17.2 Å². The number of hydrogen-bond acceptors (Lipinski definition) is 5. The van der Waals surface area contributed by atoms with Crippen LogP contribution in [0.4, 0.5) is 5.13 Å². The number of hydrogen-bond donors (Lipinski definition) is 1. The van der Waals surface area contributed by atoms with Gasteiger partial charge in [0.1, 0.15) is 10.8 Å². The van der Waals surface area contributed by atoms with Crippen molar-refractivity contribution >= 4 is 22.4 Å². The van der Waals surface area contributed by atoms with E-state index in [1.54, 1.807) is 24.3 Å². The van der Waals surface area contributed by atoms with Crippen molar-refractivity contribution < 1.29 is 9.53 Å². The van der Waals surface area contributed by atoms with E-state index in [9.17, 15) is 4.79 Å². The van der Waals surface area contributed by atoms with Crippen molar-refractivity contribution in [1.29, 1.82) is 0 Å². The minimum Gasteiger partial charge on any atom is -0.494 e. The maximum atomic E-state index is 12.3. The Morgan fingerprint density at radius 2 is 1.84 bits per heavy atom. The summed E-state index contributed by atoms with van der Waals surface area (Å²) in [5, 5.41) is 12.3. The van der Waals surface area contributed by atoms with Gasteiger partial charge in [0.25, 0.3) is 5.91 Å². The molecule has 0 aliphatic rings. The molecule has 128 valence electrons. The SMILES string of the molecule is CCCOc1ccc(C(=O)Nc2nnc(Cc3ccccc3)s2)cc1. The Hall–Kier alpha value is -2.73. The second-order valence-corrected chi connectivity index (χ2v) is 6.55. The number of benzene rings is 2. The number of nitrogens with one attached hydrogen (secondary N) is 1. The first kappa shape index (κ1) is 17.1. The molecule has 0 aliphatic carbocycles. The lowest BCUT2D eigenvalue weighted by Gasteiger charge is -2.05. The van der Waals surface area contributed by atoms with Gasteiger partial charge >= 0.3 is 0 Å². The molecule has 25 heavy (non-hydrogen) atoms. The van der Waals surface area contributed by atoms with Crippen molar-refractivity contribution in [3.05, 3.63) is 70.7 Å². The molecule has 5 nitrogen and oxygen atoms in total. The van der Waals surface area contributed by atoms with Crippen LogP contribution in [-0.4, -0.2) is 22.7 Å². The Morgan fingerprint density at radius 1 is 1.08 bits per heavy atom. The molecule has 3 rings (SSSR count). The maximum Gasteiger partial charge on any atom is 0.257 e. The van der Waals surface area contributed by atoms with Gasteiger partial charge in [-0.15, -0.1) is 10.2 Å². The summed E-state index contributed by atoms with van der Waals surface area (Å²) in [5.41, 5.74) is 1.72. The Bertz CT molecular complexity index is 816. The number of carbonyl (C=O) groups is 1. The summed E-state index contributed by atoms with van der Waals surface area (Å²) < 4.78 is 5.52. The fourth-order valence-corrected chi connectivity index (χ4v) is 3.01. The molecule has 0 atom stereocenters. The molecule has 1 aromatic heterocycles. The monoisotopic (exact) mass is 353 g/mol. The number of ether oxygens (including phenoxy) is 1. The molecule has 2 aromatic carbocycles. The predicted octanol–water partition coefficient (Wildman–Crippen LogP) is 4.17. The average Bonchev–Trinajstić information content (AvgIpc) is 3.08. The van der Waals surface area contributed by atoms with Crippen LogP contribution in [0.1, 0.15) is 34.3 Å². The second kappa shape index (κ2) is 8.39. The van der Waals surface area contributed by atoms with E-state index in [4.69, 9.17) is 4.74 Å². The summed E-state index contributed by atoms with van der Waals surface area (Å²) in [6.45, 7) is 2.72. The van der Waals surface area contributed by atoms with Crippen LogP contribution in [-0.2, 0) is 6.42 Å². The van der Waals surface area contributed by atoms with Gasteiger partial charge in [0.05, 0.1) is 6.61 Å². The number of anilines is 1. The molecule has 0 saturated carbocycles. The summed E-state index contributed by atoms with van der Waals surface area (Å²) in [4.78, 5) is 12.3. The van der Waals surface area contributed by atoms with E-state index >= 15 is 0 Å². The van der Waals surface area contributed by atoms with Crippen molar-refractivity contribution in [2.75, 3.05) is 11.9 Å². The molecule has 0 fully saturated rings. The van der Waals surface area contributed by atoms with Crippen LogP contribution in [0.25, 0.3) is 0 Å². The topological polar surface area (TPSA) is 64.1 Å². The second-order valence-electron chi connectivity index (χ2n) is 5.49. The minimum absolute atomic E-state index is 0.204. The summed E-state index contributed by atoms with van der Waals surface area (Å²) in [5.74, 6) is 0.559. The number of amides is 1. The van der Waals surface area contributed by atoms with E-state index in [1.165, 1.54) is 16.9 Å². The number of aromatic nitrogens is 2. The molecule has 1 amide bonds. The van der Waals surface area contributed by atoms with Crippen LogP contribution in [0.15, 0.2) is 54.6 Å². The van der Waals surface area contributed by atoms with Gasteiger partial charge in [-0.2, -0.15) is 0 Å². The first-order valence-corrected chi connectivity index (χ1v) is 8.97. The smallest absolute Gasteiger partial charge is 0.257 e. The highest BCUT2D eigenvalue weighted by molar-refractivity contribution is 7.15. The first-order valence-electron chi connectivity index (χ1n) is 8.15. The van der Waals surface area contributed by atoms with Crippen LogP contribution in [0.5, 0.6) is 5.75 Å². The van der Waals surface area contributed by atoms with Gasteiger partial charge in [-0.3, -0.25) is 10.1 Å². The Labute approximate surface area is 150 Å². The van der Waals surface area contributed by atoms with Crippen LogP contribution in [0.3, 0.4) is 0 Å². The normalized spacial score (nSPS) is 10.4. The summed E-state index contributed by atoms with van der Waals surface area (Å²) in [6, 6.07) is 17.1. The van der Waals surface area contributed by atoms with Gasteiger partial charge in [0.2, 0.25) is 5.13 Å². The molecular weight excluding hydrogens is 334 g/mol. The zero-order valence-corrected chi connectivity index (χ0v) is 14.8. The molecular formula is C19H19N3O2S. The van der Waals surface area contributed by atoms with Crippen LogP contribution < -0.4 is 10.1 Å². The van der Waals surface area contributed by atoms with E-state index in [2.05, 4.69) is 22.4 Å². The number of carbonyl (C=O) groups excluding carboxylic acids is 1. The van der Waals surface area contributed by atoms with Crippen LogP contribution in [0.2, 0.25) is 0 Å². The van der Waals surface area contributed by atoms with Gasteiger partial charge < -0.3 is 4.74 Å². The van der Waals surface area contributed by atoms with E-state index < -0.39 is 0 Å². The molecule has 3 aromatic rings. The Morgan fingerprint density at radius 3 is 2.56 bits per heavy atom. The zero-order valence-electron chi connectivity index (χ0n) is 13.9. The molecule has 0 radical (unpaired) electrons. The van der Waals surface area contributed by atoms with Crippen molar-refractivity contribution in [2.45, 2.75) is 19.8 Å². The highest BCUT2D eigenvalue weighted by Gasteiger charge is 2.11. The third-order valence-corrected chi connectivity index (χ3v) is 4.31. The van der Waals surface area contributed by atoms with Gasteiger partial charge in [0.15, 0.2) is 0 Å². The molecule has 0 aliphatic heterocycles. The fourth-order valence-electron chi connectivity index (χ4n) is 2.24. The predicted molar refractivity (Wildman–Crippen MR) is 99.3 cm³/mol. The van der Waals surface area contributed by atoms with Gasteiger partial charge in [-0.25, -0.2) is 0 Å². The van der Waals surface area contributed by atoms with Crippen molar-refractivity contribution in [3.63, 3.8) is 0 Å². The quantitative estimate of drug-likeness (QED) is 0.692. The first-order chi connectivity index (χ1) is 12.2. The van der Waals surface area contributed by atoms with Crippen molar-refractivity contribution in [2.24, 2.45) is 0 Å². The third kappa shape index (κ3) is 4.87. The van der Waals surface area contributed by atoms with E-state index in [0.29, 0.717) is 23.7 Å². The lowest BCUT2D eigenvalue weighted by molar-refractivity contribution is 0.102. The minimum atomic E-state index is -0.204. The number of nitrogens with zero attached hydrogens (tertiary/aromatic N) is 2. The number of rotatable bonds is 7. The molecule has 6 heteroatoms. The summed E-state index contributed by atoms with van der Waals surface area (Å²) >= 11 is 1.39. The third-order valence-electron chi connectivity index (χ3n) is 3.47. The lowest BCUT2D eigenvalue weighted by Crippen LogP contribution is -2.11.